The number of hydrogen-bond donors (Lipinski definition) is 1. The van der Waals surface area contributed by atoms with Gasteiger partial charge in [0.25, 0.3) is 0 Å². The number of aromatic nitrogens is 3. The van der Waals surface area contributed by atoms with Crippen molar-refractivity contribution < 1.29 is 14.6 Å². The van der Waals surface area contributed by atoms with Gasteiger partial charge in [-0.1, -0.05) is 19.4 Å². The lowest BCUT2D eigenvalue weighted by Gasteiger charge is -2.09. The smallest absolute Gasteiger partial charge is 0.360 e. The minimum atomic E-state index is -0.634. The molecule has 0 bridgehead atoms. The van der Waals surface area contributed by atoms with Crippen molar-refractivity contribution in [3.05, 3.63) is 35.8 Å². The molecule has 0 aromatic carbocycles. The largest absolute Gasteiger partial charge is 0.505 e. The number of hydrogen-bond acceptors (Lipinski definition) is 7. The van der Waals surface area contributed by atoms with Gasteiger partial charge in [-0.3, -0.25) is 4.98 Å². The SMILES string of the molecule is CCCCOC(=O)c1nc(-c2ccccn2)c2snc(C)c2c1O. The van der Waals surface area contributed by atoms with Gasteiger partial charge in [0.15, 0.2) is 11.4 Å². The summed E-state index contributed by atoms with van der Waals surface area (Å²) in [4.78, 5) is 21.0. The fourth-order valence-electron chi connectivity index (χ4n) is 2.34. The lowest BCUT2D eigenvalue weighted by Crippen LogP contribution is -2.10. The minimum Gasteiger partial charge on any atom is -0.505 e. The zero-order valence-electron chi connectivity index (χ0n) is 13.4. The Morgan fingerprint density at radius 2 is 2.21 bits per heavy atom. The summed E-state index contributed by atoms with van der Waals surface area (Å²) < 4.78 is 10.2. The predicted molar refractivity (Wildman–Crippen MR) is 92.2 cm³/mol. The van der Waals surface area contributed by atoms with E-state index in [1.807, 2.05) is 13.0 Å². The summed E-state index contributed by atoms with van der Waals surface area (Å²) in [5.41, 5.74) is 1.70. The van der Waals surface area contributed by atoms with E-state index in [4.69, 9.17) is 4.74 Å². The van der Waals surface area contributed by atoms with Crippen molar-refractivity contribution in [1.82, 2.24) is 14.3 Å². The van der Waals surface area contributed by atoms with E-state index in [1.165, 1.54) is 11.5 Å². The van der Waals surface area contributed by atoms with Crippen molar-refractivity contribution in [2.24, 2.45) is 0 Å². The van der Waals surface area contributed by atoms with Crippen LogP contribution in [0.4, 0.5) is 0 Å². The van der Waals surface area contributed by atoms with Crippen molar-refractivity contribution >= 4 is 27.6 Å². The summed E-state index contributed by atoms with van der Waals surface area (Å²) >= 11 is 1.23. The number of carbonyl (C=O) groups is 1. The molecular weight excluding hydrogens is 326 g/mol. The van der Waals surface area contributed by atoms with Crippen LogP contribution in [-0.2, 0) is 4.74 Å². The molecule has 0 fully saturated rings. The molecule has 0 amide bonds. The predicted octanol–water partition coefficient (Wildman–Crippen LogP) is 3.72. The molecule has 24 heavy (non-hydrogen) atoms. The number of esters is 1. The second-order valence-electron chi connectivity index (χ2n) is 5.33. The lowest BCUT2D eigenvalue weighted by atomic mass is 10.1. The fourth-order valence-corrected chi connectivity index (χ4v) is 3.23. The Kier molecular flexibility index (Phi) is 4.71. The number of ether oxygens (including phenoxy) is 1. The van der Waals surface area contributed by atoms with Gasteiger partial charge in [-0.25, -0.2) is 9.78 Å². The van der Waals surface area contributed by atoms with Gasteiger partial charge < -0.3 is 9.84 Å². The lowest BCUT2D eigenvalue weighted by molar-refractivity contribution is 0.0490. The Bertz CT molecular complexity index is 878. The second-order valence-corrected chi connectivity index (χ2v) is 6.11. The maximum absolute atomic E-state index is 12.3. The Morgan fingerprint density at radius 3 is 2.92 bits per heavy atom. The highest BCUT2D eigenvalue weighted by atomic mass is 32.1. The topological polar surface area (TPSA) is 85.2 Å². The van der Waals surface area contributed by atoms with Gasteiger partial charge in [0.05, 0.1) is 28.1 Å². The number of carbonyl (C=O) groups excluding carboxylic acids is 1. The summed E-state index contributed by atoms with van der Waals surface area (Å²) in [5.74, 6) is -0.817. The number of aromatic hydroxyl groups is 1. The van der Waals surface area contributed by atoms with E-state index >= 15 is 0 Å². The molecule has 0 aliphatic carbocycles. The molecule has 3 aromatic rings. The molecule has 0 radical (unpaired) electrons. The molecule has 7 heteroatoms. The highest BCUT2D eigenvalue weighted by molar-refractivity contribution is 7.14. The first kappa shape index (κ1) is 16.3. The maximum Gasteiger partial charge on any atom is 0.360 e. The quantitative estimate of drug-likeness (QED) is 0.561. The van der Waals surface area contributed by atoms with Gasteiger partial charge in [0.1, 0.15) is 5.69 Å². The third-order valence-corrected chi connectivity index (χ3v) is 4.54. The molecule has 1 N–H and O–H groups in total. The van der Waals surface area contributed by atoms with Crippen molar-refractivity contribution in [1.29, 1.82) is 0 Å². The van der Waals surface area contributed by atoms with Gasteiger partial charge in [-0.05, 0) is 37.0 Å². The average Bonchev–Trinajstić information content (AvgIpc) is 2.98. The molecule has 3 rings (SSSR count). The second kappa shape index (κ2) is 6.92. The number of fused-ring (bicyclic) bond motifs is 1. The van der Waals surface area contributed by atoms with Gasteiger partial charge >= 0.3 is 5.97 Å². The average molecular weight is 343 g/mol. The van der Waals surface area contributed by atoms with Crippen LogP contribution in [0.5, 0.6) is 5.75 Å². The first-order chi connectivity index (χ1) is 11.6. The van der Waals surface area contributed by atoms with Crippen LogP contribution in [0.15, 0.2) is 24.4 Å². The van der Waals surface area contributed by atoms with E-state index in [9.17, 15) is 9.90 Å². The summed E-state index contributed by atoms with van der Waals surface area (Å²) in [6, 6.07) is 5.45. The molecule has 0 saturated heterocycles. The highest BCUT2D eigenvalue weighted by Crippen LogP contribution is 2.38. The van der Waals surface area contributed by atoms with Crippen LogP contribution in [0, 0.1) is 6.92 Å². The van der Waals surface area contributed by atoms with Gasteiger partial charge in [0.2, 0.25) is 0 Å². The van der Waals surface area contributed by atoms with Crippen LogP contribution in [0.3, 0.4) is 0 Å². The highest BCUT2D eigenvalue weighted by Gasteiger charge is 2.24. The molecule has 3 aromatic heterocycles. The number of rotatable bonds is 5. The molecule has 124 valence electrons. The maximum atomic E-state index is 12.3. The monoisotopic (exact) mass is 343 g/mol. The first-order valence-corrected chi connectivity index (χ1v) is 8.48. The van der Waals surface area contributed by atoms with Gasteiger partial charge in [-0.15, -0.1) is 0 Å². The van der Waals surface area contributed by atoms with Gasteiger partial charge in [-0.2, -0.15) is 4.37 Å². The minimum absolute atomic E-state index is 0.0949. The van der Waals surface area contributed by atoms with Crippen LogP contribution in [0.2, 0.25) is 0 Å². The van der Waals surface area contributed by atoms with Crippen LogP contribution < -0.4 is 0 Å². The molecular formula is C17H17N3O3S. The van der Waals surface area contributed by atoms with E-state index in [0.717, 1.165) is 12.8 Å². The normalized spacial score (nSPS) is 10.9. The van der Waals surface area contributed by atoms with Crippen LogP contribution in [-0.4, -0.2) is 32.0 Å². The third-order valence-electron chi connectivity index (χ3n) is 3.59. The van der Waals surface area contributed by atoms with Crippen LogP contribution in [0.25, 0.3) is 21.5 Å². The number of unbranched alkanes of at least 4 members (excludes halogenated alkanes) is 1. The molecule has 6 nitrogen and oxygen atoms in total. The zero-order chi connectivity index (χ0) is 17.1. The number of aryl methyl sites for hydroxylation is 1. The Balaban J connectivity index is 2.15. The van der Waals surface area contributed by atoms with Crippen molar-refractivity contribution in [3.63, 3.8) is 0 Å². The molecule has 0 saturated carbocycles. The summed E-state index contributed by atoms with van der Waals surface area (Å²) in [6.45, 7) is 4.09. The van der Waals surface area contributed by atoms with E-state index in [0.29, 0.717) is 33.8 Å². The van der Waals surface area contributed by atoms with Crippen molar-refractivity contribution in [2.45, 2.75) is 26.7 Å². The molecule has 0 aliphatic rings. The van der Waals surface area contributed by atoms with E-state index < -0.39 is 5.97 Å². The number of pyridine rings is 2. The number of nitrogens with zero attached hydrogens (tertiary/aromatic N) is 3. The molecule has 0 spiro atoms. The van der Waals surface area contributed by atoms with Gasteiger partial charge in [0, 0.05) is 6.20 Å². The summed E-state index contributed by atoms with van der Waals surface area (Å²) in [5, 5.41) is 11.0. The Labute approximate surface area is 143 Å². The van der Waals surface area contributed by atoms with Crippen molar-refractivity contribution in [3.8, 4) is 17.1 Å². The van der Waals surface area contributed by atoms with E-state index in [1.54, 1.807) is 25.3 Å². The Hall–Kier alpha value is -2.54. The Morgan fingerprint density at radius 1 is 1.38 bits per heavy atom. The molecule has 0 unspecified atom stereocenters. The molecule has 0 aliphatic heterocycles. The van der Waals surface area contributed by atoms with Crippen molar-refractivity contribution in [2.75, 3.05) is 6.61 Å². The zero-order valence-corrected chi connectivity index (χ0v) is 14.3. The fraction of sp³-hybridized carbons (Fsp3) is 0.294. The third kappa shape index (κ3) is 2.94. The first-order valence-electron chi connectivity index (χ1n) is 7.71. The molecule has 0 atom stereocenters. The van der Waals surface area contributed by atoms with E-state index in [2.05, 4.69) is 14.3 Å². The van der Waals surface area contributed by atoms with E-state index in [-0.39, 0.29) is 11.4 Å². The molecule has 3 heterocycles. The summed E-state index contributed by atoms with van der Waals surface area (Å²) in [6.07, 6.45) is 3.34. The summed E-state index contributed by atoms with van der Waals surface area (Å²) in [7, 11) is 0. The van der Waals surface area contributed by atoms with Crippen LogP contribution >= 0.6 is 11.5 Å². The standard InChI is InChI=1S/C17H17N3O3S/c1-3-4-9-23-17(22)14-15(21)12-10(2)20-24-16(12)13(19-14)11-7-5-6-8-18-11/h5-8,21H,3-4,9H2,1-2H3. The van der Waals surface area contributed by atoms with Crippen LogP contribution in [0.1, 0.15) is 35.9 Å².